The number of hydrogen-bond donors (Lipinski definition) is 0. The highest BCUT2D eigenvalue weighted by Gasteiger charge is 2.30. The second-order valence-electron chi connectivity index (χ2n) is 5.52. The van der Waals surface area contributed by atoms with Gasteiger partial charge in [-0.25, -0.2) is 4.98 Å². The quantitative estimate of drug-likeness (QED) is 0.725. The predicted octanol–water partition coefficient (Wildman–Crippen LogP) is 1.86. The molecule has 4 nitrogen and oxygen atoms in total. The number of pyridine rings is 1. The molecule has 0 spiro atoms. The Hall–Kier alpha value is -2.07. The number of aromatic nitrogens is 2. The fourth-order valence-corrected chi connectivity index (χ4v) is 3.08. The van der Waals surface area contributed by atoms with Crippen molar-refractivity contribution < 1.29 is 0 Å². The second kappa shape index (κ2) is 4.49. The van der Waals surface area contributed by atoms with E-state index >= 15 is 0 Å². The van der Waals surface area contributed by atoms with Gasteiger partial charge in [0.1, 0.15) is 5.69 Å². The largest absolute Gasteiger partial charge is 0.298 e. The van der Waals surface area contributed by atoms with Gasteiger partial charge >= 0.3 is 0 Å². The third kappa shape index (κ3) is 2.02. The van der Waals surface area contributed by atoms with Crippen LogP contribution in [0.2, 0.25) is 0 Å². The van der Waals surface area contributed by atoms with E-state index in [1.54, 1.807) is 0 Å². The van der Waals surface area contributed by atoms with Gasteiger partial charge in [-0.2, -0.15) is 0 Å². The van der Waals surface area contributed by atoms with Gasteiger partial charge in [-0.15, -0.1) is 0 Å². The van der Waals surface area contributed by atoms with Gasteiger partial charge in [0.05, 0.1) is 5.52 Å². The van der Waals surface area contributed by atoms with E-state index < -0.39 is 0 Å². The number of nitrogens with zero attached hydrogens (tertiary/aromatic N) is 3. The van der Waals surface area contributed by atoms with Crippen molar-refractivity contribution in [3.8, 4) is 0 Å². The first-order valence-electron chi connectivity index (χ1n) is 6.99. The van der Waals surface area contributed by atoms with Crippen molar-refractivity contribution in [2.45, 2.75) is 18.9 Å². The van der Waals surface area contributed by atoms with E-state index in [2.05, 4.69) is 39.1 Å². The molecular formula is C16H15N3O. The molecule has 3 heterocycles. The highest BCUT2D eigenvalue weighted by atomic mass is 16.1. The third-order valence-corrected chi connectivity index (χ3v) is 4.16. The Morgan fingerprint density at radius 3 is 2.95 bits per heavy atom. The Morgan fingerprint density at radius 2 is 2.10 bits per heavy atom. The Bertz CT molecular complexity index is 767. The first kappa shape index (κ1) is 11.7. The molecule has 1 aromatic carbocycles. The molecule has 100 valence electrons. The molecule has 0 saturated carbocycles. The molecule has 4 rings (SSSR count). The summed E-state index contributed by atoms with van der Waals surface area (Å²) in [7, 11) is 0. The summed E-state index contributed by atoms with van der Waals surface area (Å²) in [6.45, 7) is 2.86. The summed E-state index contributed by atoms with van der Waals surface area (Å²) >= 11 is 0. The Labute approximate surface area is 116 Å². The molecule has 1 aliphatic heterocycles. The zero-order chi connectivity index (χ0) is 13.5. The van der Waals surface area contributed by atoms with Crippen LogP contribution in [-0.4, -0.2) is 28.0 Å². The first-order valence-corrected chi connectivity index (χ1v) is 6.99. The molecule has 4 heteroatoms. The van der Waals surface area contributed by atoms with E-state index in [1.165, 1.54) is 10.9 Å². The summed E-state index contributed by atoms with van der Waals surface area (Å²) in [5.74, 6) is 0.352. The topological polar surface area (TPSA) is 46.1 Å². The van der Waals surface area contributed by atoms with E-state index in [0.717, 1.165) is 37.3 Å². The van der Waals surface area contributed by atoms with Gasteiger partial charge in [0.2, 0.25) is 0 Å². The summed E-state index contributed by atoms with van der Waals surface area (Å²) in [6.07, 6.45) is 2.89. The van der Waals surface area contributed by atoms with Crippen LogP contribution in [-0.2, 0) is 6.54 Å². The number of para-hydroxylation sites is 1. The van der Waals surface area contributed by atoms with E-state index in [0.29, 0.717) is 5.92 Å². The van der Waals surface area contributed by atoms with Gasteiger partial charge in [0, 0.05) is 30.6 Å². The molecule has 1 unspecified atom stereocenters. The fourth-order valence-electron chi connectivity index (χ4n) is 3.08. The van der Waals surface area contributed by atoms with Gasteiger partial charge in [-0.3, -0.25) is 14.7 Å². The SMILES string of the molecule is O=c1nc1C1CCN(Cc2cccc3cccnc23)C1. The van der Waals surface area contributed by atoms with E-state index in [1.807, 2.05) is 12.3 Å². The second-order valence-corrected chi connectivity index (χ2v) is 5.52. The zero-order valence-electron chi connectivity index (χ0n) is 11.1. The highest BCUT2D eigenvalue weighted by molar-refractivity contribution is 5.81. The van der Waals surface area contributed by atoms with Gasteiger partial charge < -0.3 is 0 Å². The van der Waals surface area contributed by atoms with Crippen LogP contribution in [0.4, 0.5) is 0 Å². The monoisotopic (exact) mass is 265 g/mol. The van der Waals surface area contributed by atoms with Crippen molar-refractivity contribution in [3.05, 3.63) is 58.1 Å². The maximum Gasteiger partial charge on any atom is 0.292 e. The van der Waals surface area contributed by atoms with Crippen LogP contribution in [0.3, 0.4) is 0 Å². The summed E-state index contributed by atoms with van der Waals surface area (Å²) in [4.78, 5) is 21.8. The molecule has 0 amide bonds. The Kier molecular flexibility index (Phi) is 2.63. The zero-order valence-corrected chi connectivity index (χ0v) is 11.1. The van der Waals surface area contributed by atoms with Crippen molar-refractivity contribution in [2.75, 3.05) is 13.1 Å². The van der Waals surface area contributed by atoms with Crippen LogP contribution >= 0.6 is 0 Å². The molecule has 0 aliphatic carbocycles. The van der Waals surface area contributed by atoms with Gasteiger partial charge in [-0.1, -0.05) is 24.3 Å². The molecule has 1 fully saturated rings. The average molecular weight is 265 g/mol. The van der Waals surface area contributed by atoms with Crippen molar-refractivity contribution >= 4 is 10.9 Å². The summed E-state index contributed by atoms with van der Waals surface area (Å²) in [5, 5.41) is 1.18. The molecule has 20 heavy (non-hydrogen) atoms. The van der Waals surface area contributed by atoms with Crippen LogP contribution in [0, 0.1) is 0 Å². The van der Waals surface area contributed by atoms with Crippen molar-refractivity contribution in [3.63, 3.8) is 0 Å². The Morgan fingerprint density at radius 1 is 1.25 bits per heavy atom. The lowest BCUT2D eigenvalue weighted by atomic mass is 10.1. The summed E-state index contributed by atoms with van der Waals surface area (Å²) in [5.41, 5.74) is 3.17. The van der Waals surface area contributed by atoms with Crippen LogP contribution in [0.1, 0.15) is 23.6 Å². The first-order chi connectivity index (χ1) is 9.81. The number of fused-ring (bicyclic) bond motifs is 1. The molecular weight excluding hydrogens is 250 g/mol. The van der Waals surface area contributed by atoms with Crippen molar-refractivity contribution in [1.29, 1.82) is 0 Å². The minimum absolute atomic E-state index is 0.0173. The standard InChI is InChI=1S/C16H15N3O/c20-16-15(18-16)13-6-8-19(10-13)9-12-4-1-3-11-5-2-7-17-14(11)12/h1-5,7,13H,6,8-10H2. The maximum absolute atomic E-state index is 11.1. The summed E-state index contributed by atoms with van der Waals surface area (Å²) < 4.78 is 0. The molecule has 3 aromatic rings. The lowest BCUT2D eigenvalue weighted by Gasteiger charge is -2.16. The minimum Gasteiger partial charge on any atom is -0.298 e. The molecule has 1 saturated heterocycles. The molecule has 1 aliphatic rings. The fraction of sp³-hybridized carbons (Fsp3) is 0.312. The van der Waals surface area contributed by atoms with E-state index in [9.17, 15) is 4.79 Å². The molecule has 0 N–H and O–H groups in total. The number of hydrogen-bond acceptors (Lipinski definition) is 4. The maximum atomic E-state index is 11.1. The highest BCUT2D eigenvalue weighted by Crippen LogP contribution is 2.27. The molecule has 2 aromatic heterocycles. The van der Waals surface area contributed by atoms with Gasteiger partial charge in [0.25, 0.3) is 5.56 Å². The molecule has 1 atom stereocenters. The lowest BCUT2D eigenvalue weighted by Crippen LogP contribution is -2.20. The van der Waals surface area contributed by atoms with E-state index in [4.69, 9.17) is 0 Å². The molecule has 0 bridgehead atoms. The van der Waals surface area contributed by atoms with Crippen LogP contribution < -0.4 is 5.56 Å². The predicted molar refractivity (Wildman–Crippen MR) is 77.3 cm³/mol. The lowest BCUT2D eigenvalue weighted by molar-refractivity contribution is 0.328. The van der Waals surface area contributed by atoms with Crippen LogP contribution in [0.5, 0.6) is 0 Å². The van der Waals surface area contributed by atoms with Gasteiger partial charge in [0.15, 0.2) is 0 Å². The number of likely N-dealkylation sites (tertiary alicyclic amines) is 1. The third-order valence-electron chi connectivity index (χ3n) is 4.16. The Balaban J connectivity index is 1.55. The average Bonchev–Trinajstić information content (AvgIpc) is 3.02. The minimum atomic E-state index is 0.0173. The smallest absolute Gasteiger partial charge is 0.292 e. The van der Waals surface area contributed by atoms with Crippen LogP contribution in [0.15, 0.2) is 41.3 Å². The van der Waals surface area contributed by atoms with Crippen molar-refractivity contribution in [2.24, 2.45) is 0 Å². The number of benzene rings is 1. The number of rotatable bonds is 3. The van der Waals surface area contributed by atoms with E-state index in [-0.39, 0.29) is 5.56 Å². The summed E-state index contributed by atoms with van der Waals surface area (Å²) in [6, 6.07) is 10.4. The van der Waals surface area contributed by atoms with Gasteiger partial charge in [-0.05, 0) is 24.6 Å². The van der Waals surface area contributed by atoms with Crippen molar-refractivity contribution in [1.82, 2.24) is 14.9 Å². The normalized spacial score (nSPS) is 20.1. The van der Waals surface area contributed by atoms with Crippen LogP contribution in [0.25, 0.3) is 10.9 Å². The molecule has 0 radical (unpaired) electrons.